The van der Waals surface area contributed by atoms with Gasteiger partial charge in [-0.3, -0.25) is 9.10 Å². The van der Waals surface area contributed by atoms with Crippen LogP contribution in [0.15, 0.2) is 22.7 Å². The zero-order valence-corrected chi connectivity index (χ0v) is 16.6. The fraction of sp³-hybridized carbons (Fsp3) is 0.588. The monoisotopic (exact) mass is 416 g/mol. The van der Waals surface area contributed by atoms with Crippen LogP contribution in [0.5, 0.6) is 0 Å². The molecule has 7 heteroatoms. The van der Waals surface area contributed by atoms with Crippen molar-refractivity contribution in [3.8, 4) is 0 Å². The van der Waals surface area contributed by atoms with E-state index in [0.717, 1.165) is 33.4 Å². The second-order valence-electron chi connectivity index (χ2n) is 6.51. The Kier molecular flexibility index (Phi) is 6.69. The number of nitrogens with one attached hydrogen (secondary N) is 1. The fourth-order valence-corrected chi connectivity index (χ4v) is 4.11. The summed E-state index contributed by atoms with van der Waals surface area (Å²) in [5, 5.41) is 2.90. The van der Waals surface area contributed by atoms with E-state index in [9.17, 15) is 13.2 Å². The van der Waals surface area contributed by atoms with E-state index in [0.29, 0.717) is 18.2 Å². The first-order chi connectivity index (χ1) is 11.3. The molecule has 0 spiro atoms. The van der Waals surface area contributed by atoms with Crippen molar-refractivity contribution in [2.24, 2.45) is 5.92 Å². The SMILES string of the molecule is Cc1cc(N(CC(=O)NCC2CCCCC2)S(C)(=O)=O)ccc1Br. The molecule has 0 heterocycles. The molecule has 1 saturated carbocycles. The summed E-state index contributed by atoms with van der Waals surface area (Å²) in [7, 11) is -3.53. The fourth-order valence-electron chi connectivity index (χ4n) is 3.02. The van der Waals surface area contributed by atoms with Crippen LogP contribution >= 0.6 is 15.9 Å². The maximum absolute atomic E-state index is 12.2. The molecule has 1 aliphatic carbocycles. The summed E-state index contributed by atoms with van der Waals surface area (Å²) in [6, 6.07) is 5.26. The van der Waals surface area contributed by atoms with E-state index in [-0.39, 0.29) is 12.5 Å². The lowest BCUT2D eigenvalue weighted by atomic mass is 9.89. The van der Waals surface area contributed by atoms with Crippen LogP contribution in [0.4, 0.5) is 5.69 Å². The standard InChI is InChI=1S/C17H25BrN2O3S/c1-13-10-15(8-9-16(13)18)20(24(2,22)23)12-17(21)19-11-14-6-4-3-5-7-14/h8-10,14H,3-7,11-12H2,1-2H3,(H,19,21). The number of sulfonamides is 1. The topological polar surface area (TPSA) is 66.5 Å². The molecule has 0 unspecified atom stereocenters. The van der Waals surface area contributed by atoms with Crippen LogP contribution in [-0.4, -0.2) is 33.7 Å². The van der Waals surface area contributed by atoms with Gasteiger partial charge >= 0.3 is 0 Å². The largest absolute Gasteiger partial charge is 0.354 e. The third-order valence-corrected chi connectivity index (χ3v) is 6.46. The van der Waals surface area contributed by atoms with Crippen molar-refractivity contribution in [3.63, 3.8) is 0 Å². The van der Waals surface area contributed by atoms with Crippen molar-refractivity contribution in [2.75, 3.05) is 23.7 Å². The van der Waals surface area contributed by atoms with Crippen molar-refractivity contribution < 1.29 is 13.2 Å². The Balaban J connectivity index is 2.03. The number of rotatable bonds is 6. The van der Waals surface area contributed by atoms with E-state index >= 15 is 0 Å². The Morgan fingerprint density at radius 2 is 1.96 bits per heavy atom. The van der Waals surface area contributed by atoms with Gasteiger partial charge in [0.2, 0.25) is 15.9 Å². The van der Waals surface area contributed by atoms with Crippen LogP contribution in [0.1, 0.15) is 37.7 Å². The Morgan fingerprint density at radius 3 is 2.54 bits per heavy atom. The third kappa shape index (κ3) is 5.48. The Bertz CT molecular complexity index is 685. The van der Waals surface area contributed by atoms with Gasteiger partial charge in [-0.05, 0) is 49.4 Å². The molecule has 1 amide bonds. The highest BCUT2D eigenvalue weighted by Gasteiger charge is 2.22. The summed E-state index contributed by atoms with van der Waals surface area (Å²) in [5.41, 5.74) is 1.43. The van der Waals surface area contributed by atoms with E-state index in [2.05, 4.69) is 21.2 Å². The average molecular weight is 417 g/mol. The van der Waals surface area contributed by atoms with Crippen molar-refractivity contribution in [2.45, 2.75) is 39.0 Å². The number of amides is 1. The lowest BCUT2D eigenvalue weighted by molar-refractivity contribution is -0.119. The minimum atomic E-state index is -3.53. The summed E-state index contributed by atoms with van der Waals surface area (Å²) in [6.07, 6.45) is 7.11. The molecule has 24 heavy (non-hydrogen) atoms. The predicted octanol–water partition coefficient (Wildman–Crippen LogP) is 3.22. The summed E-state index contributed by atoms with van der Waals surface area (Å²) in [4.78, 5) is 12.2. The summed E-state index contributed by atoms with van der Waals surface area (Å²) >= 11 is 3.40. The van der Waals surface area contributed by atoms with E-state index < -0.39 is 10.0 Å². The van der Waals surface area contributed by atoms with E-state index in [1.165, 1.54) is 19.3 Å². The molecule has 5 nitrogen and oxygen atoms in total. The van der Waals surface area contributed by atoms with Crippen LogP contribution in [-0.2, 0) is 14.8 Å². The predicted molar refractivity (Wildman–Crippen MR) is 101 cm³/mol. The van der Waals surface area contributed by atoms with Gasteiger partial charge in [0.1, 0.15) is 6.54 Å². The molecule has 0 bridgehead atoms. The van der Waals surface area contributed by atoms with Gasteiger partial charge in [0.05, 0.1) is 11.9 Å². The number of benzene rings is 1. The maximum Gasteiger partial charge on any atom is 0.240 e. The molecule has 0 saturated heterocycles. The molecular weight excluding hydrogens is 392 g/mol. The van der Waals surface area contributed by atoms with Crippen molar-refractivity contribution in [3.05, 3.63) is 28.2 Å². The van der Waals surface area contributed by atoms with Gasteiger partial charge in [-0.25, -0.2) is 8.42 Å². The molecular formula is C17H25BrN2O3S. The second kappa shape index (κ2) is 8.34. The molecule has 1 aliphatic rings. The highest BCUT2D eigenvalue weighted by atomic mass is 79.9. The highest BCUT2D eigenvalue weighted by Crippen LogP contribution is 2.25. The molecule has 0 aromatic heterocycles. The van der Waals surface area contributed by atoms with Gasteiger partial charge in [0, 0.05) is 11.0 Å². The number of carbonyl (C=O) groups excluding carboxylic acids is 1. The second-order valence-corrected chi connectivity index (χ2v) is 9.27. The average Bonchev–Trinajstić information content (AvgIpc) is 2.53. The van der Waals surface area contributed by atoms with Crippen molar-refractivity contribution >= 4 is 37.5 Å². The third-order valence-electron chi connectivity index (χ3n) is 4.43. The van der Waals surface area contributed by atoms with Gasteiger partial charge in [-0.2, -0.15) is 0 Å². The van der Waals surface area contributed by atoms with Gasteiger partial charge in [0.15, 0.2) is 0 Å². The molecule has 2 rings (SSSR count). The Morgan fingerprint density at radius 1 is 1.29 bits per heavy atom. The zero-order chi connectivity index (χ0) is 17.7. The number of hydrogen-bond acceptors (Lipinski definition) is 3. The molecule has 1 N–H and O–H groups in total. The highest BCUT2D eigenvalue weighted by molar-refractivity contribution is 9.10. The van der Waals surface area contributed by atoms with Gasteiger partial charge in [-0.15, -0.1) is 0 Å². The molecule has 1 aromatic rings. The normalized spacial score (nSPS) is 16.0. The van der Waals surface area contributed by atoms with Gasteiger partial charge < -0.3 is 5.32 Å². The molecule has 1 fully saturated rings. The summed E-state index contributed by atoms with van der Waals surface area (Å²) in [5.74, 6) is 0.260. The first kappa shape index (κ1) is 19.2. The van der Waals surface area contributed by atoms with Gasteiger partial charge in [0.25, 0.3) is 0 Å². The maximum atomic E-state index is 12.2. The number of halogens is 1. The lowest BCUT2D eigenvalue weighted by Gasteiger charge is -2.24. The number of nitrogens with zero attached hydrogens (tertiary/aromatic N) is 1. The Labute approximate surface area is 153 Å². The van der Waals surface area contributed by atoms with Crippen LogP contribution in [0.3, 0.4) is 0 Å². The van der Waals surface area contributed by atoms with Crippen LogP contribution in [0, 0.1) is 12.8 Å². The van der Waals surface area contributed by atoms with E-state index in [1.54, 1.807) is 18.2 Å². The molecule has 0 radical (unpaired) electrons. The molecule has 0 atom stereocenters. The quantitative estimate of drug-likeness (QED) is 0.773. The Hall–Kier alpha value is -1.08. The minimum absolute atomic E-state index is 0.188. The van der Waals surface area contributed by atoms with Crippen molar-refractivity contribution in [1.29, 1.82) is 0 Å². The molecule has 134 valence electrons. The van der Waals surface area contributed by atoms with Crippen LogP contribution < -0.4 is 9.62 Å². The van der Waals surface area contributed by atoms with Crippen LogP contribution in [0.2, 0.25) is 0 Å². The van der Waals surface area contributed by atoms with E-state index in [1.807, 2.05) is 6.92 Å². The van der Waals surface area contributed by atoms with Crippen molar-refractivity contribution in [1.82, 2.24) is 5.32 Å². The summed E-state index contributed by atoms with van der Waals surface area (Å²) in [6.45, 7) is 2.33. The number of aryl methyl sites for hydroxylation is 1. The lowest BCUT2D eigenvalue weighted by Crippen LogP contribution is -2.42. The number of hydrogen-bond donors (Lipinski definition) is 1. The van der Waals surface area contributed by atoms with Gasteiger partial charge in [-0.1, -0.05) is 35.2 Å². The smallest absolute Gasteiger partial charge is 0.240 e. The minimum Gasteiger partial charge on any atom is -0.354 e. The number of anilines is 1. The molecule has 1 aromatic carbocycles. The number of carbonyl (C=O) groups is 1. The first-order valence-electron chi connectivity index (χ1n) is 8.28. The summed E-state index contributed by atoms with van der Waals surface area (Å²) < 4.78 is 26.3. The zero-order valence-electron chi connectivity index (χ0n) is 14.2. The van der Waals surface area contributed by atoms with Crippen LogP contribution in [0.25, 0.3) is 0 Å². The molecule has 0 aliphatic heterocycles. The van der Waals surface area contributed by atoms with E-state index in [4.69, 9.17) is 0 Å². The first-order valence-corrected chi connectivity index (χ1v) is 10.9.